The maximum Gasteiger partial charge on any atom is 0.319 e. The lowest BCUT2D eigenvalue weighted by Gasteiger charge is -2.39. The number of hydrogen-bond donors (Lipinski definition) is 0. The summed E-state index contributed by atoms with van der Waals surface area (Å²) in [7, 11) is 10.3. The van der Waals surface area contributed by atoms with Crippen LogP contribution in [-0.4, -0.2) is 77.8 Å². The summed E-state index contributed by atoms with van der Waals surface area (Å²) in [6, 6.07) is 0. The molecular formula is C11H28BN3OSi. The van der Waals surface area contributed by atoms with Crippen molar-refractivity contribution >= 4 is 21.0 Å². The van der Waals surface area contributed by atoms with Crippen molar-refractivity contribution in [2.45, 2.75) is 25.1 Å². The average molecular weight is 257 g/mol. The zero-order chi connectivity index (χ0) is 14.0. The fraction of sp³-hybridized carbons (Fsp3) is 0.909. The largest absolute Gasteiger partial charge is 0.349 e. The molecule has 0 saturated carbocycles. The van der Waals surface area contributed by atoms with Gasteiger partial charge in [0.25, 0.3) is 0 Å². The topological polar surface area (TPSA) is 26.8 Å². The van der Waals surface area contributed by atoms with E-state index >= 15 is 0 Å². The van der Waals surface area contributed by atoms with Crippen LogP contribution in [0.3, 0.4) is 0 Å². The van der Waals surface area contributed by atoms with E-state index in [1.165, 1.54) is 0 Å². The van der Waals surface area contributed by atoms with Crippen molar-refractivity contribution in [3.63, 3.8) is 0 Å². The Hall–Kier alpha value is -0.328. The van der Waals surface area contributed by atoms with Crippen molar-refractivity contribution in [3.8, 4) is 0 Å². The zero-order valence-corrected chi connectivity index (χ0v) is 13.9. The number of amides is 1. The van der Waals surface area contributed by atoms with Crippen LogP contribution in [0.4, 0.5) is 0 Å². The molecule has 0 aliphatic heterocycles. The summed E-state index contributed by atoms with van der Waals surface area (Å²) in [5, 5.41) is 0. The molecule has 0 aromatic rings. The first-order chi connectivity index (χ1) is 7.50. The van der Waals surface area contributed by atoms with Crippen LogP contribution in [0, 0.1) is 0 Å². The molecule has 0 aliphatic carbocycles. The second-order valence-corrected chi connectivity index (χ2v) is 11.8. The van der Waals surface area contributed by atoms with Gasteiger partial charge in [-0.1, -0.05) is 19.6 Å². The fourth-order valence-corrected chi connectivity index (χ4v) is 4.77. The molecule has 1 atom stereocenters. The lowest BCUT2D eigenvalue weighted by molar-refractivity contribution is -0.127. The Bertz CT molecular complexity index is 256. The Balaban J connectivity index is 5.37. The third-order valence-corrected chi connectivity index (χ3v) is 5.41. The Kier molecular flexibility index (Phi) is 5.90. The second-order valence-electron chi connectivity index (χ2n) is 6.42. The minimum absolute atomic E-state index is 0.0856. The van der Waals surface area contributed by atoms with Crippen LogP contribution in [-0.2, 0) is 4.79 Å². The molecule has 0 aliphatic rings. The van der Waals surface area contributed by atoms with Crippen LogP contribution in [0.2, 0.25) is 25.1 Å². The van der Waals surface area contributed by atoms with E-state index < -0.39 is 8.07 Å². The van der Waals surface area contributed by atoms with Crippen LogP contribution in [0.1, 0.15) is 0 Å². The monoisotopic (exact) mass is 257 g/mol. The van der Waals surface area contributed by atoms with Crippen LogP contribution >= 0.6 is 0 Å². The molecular weight excluding hydrogens is 229 g/mol. The number of carbonyl (C=O) groups excluding carboxylic acids is 1. The summed E-state index contributed by atoms with van der Waals surface area (Å²) in [6.45, 7) is 6.95. The first kappa shape index (κ1) is 16.7. The highest BCUT2D eigenvalue weighted by Gasteiger charge is 2.45. The molecule has 0 saturated heterocycles. The molecule has 4 nitrogen and oxygen atoms in total. The smallest absolute Gasteiger partial charge is 0.319 e. The lowest BCUT2D eigenvalue weighted by Crippen LogP contribution is -2.59. The van der Waals surface area contributed by atoms with Crippen LogP contribution in [0.5, 0.6) is 0 Å². The van der Waals surface area contributed by atoms with Gasteiger partial charge in [-0.05, 0) is 28.2 Å². The Morgan fingerprint density at radius 2 is 1.29 bits per heavy atom. The van der Waals surface area contributed by atoms with E-state index in [9.17, 15) is 4.79 Å². The highest BCUT2D eigenvalue weighted by molar-refractivity contribution is 6.92. The maximum absolute atomic E-state index is 12.4. The summed E-state index contributed by atoms with van der Waals surface area (Å²) >= 11 is 0. The molecule has 0 radical (unpaired) electrons. The van der Waals surface area contributed by atoms with Crippen LogP contribution < -0.4 is 0 Å². The second kappa shape index (κ2) is 6.02. The summed E-state index contributed by atoms with van der Waals surface area (Å²) in [5.74, 6) is 0.247. The number of rotatable bonds is 5. The van der Waals surface area contributed by atoms with Crippen LogP contribution in [0.25, 0.3) is 0 Å². The molecule has 0 spiro atoms. The molecule has 0 bridgehead atoms. The summed E-state index contributed by atoms with van der Waals surface area (Å²) in [5.41, 5.74) is 0.0856. The quantitative estimate of drug-likeness (QED) is 0.686. The number of nitrogens with zero attached hydrogens (tertiary/aromatic N) is 3. The maximum atomic E-state index is 12.4. The van der Waals surface area contributed by atoms with Gasteiger partial charge in [0, 0.05) is 19.5 Å². The van der Waals surface area contributed by atoms with Crippen molar-refractivity contribution in [1.82, 2.24) is 14.5 Å². The van der Waals surface area contributed by atoms with Crippen molar-refractivity contribution < 1.29 is 4.79 Å². The van der Waals surface area contributed by atoms with E-state index in [2.05, 4.69) is 29.3 Å². The first-order valence-electron chi connectivity index (χ1n) is 6.04. The number of hydrogen-bond acceptors (Lipinski definition) is 3. The van der Waals surface area contributed by atoms with E-state index in [1.807, 2.05) is 42.3 Å². The molecule has 1 amide bonds. The van der Waals surface area contributed by atoms with E-state index in [-0.39, 0.29) is 18.3 Å². The van der Waals surface area contributed by atoms with Gasteiger partial charge in [0.15, 0.2) is 0 Å². The van der Waals surface area contributed by atoms with Gasteiger partial charge in [0.1, 0.15) is 0 Å². The van der Waals surface area contributed by atoms with Gasteiger partial charge in [-0.3, -0.25) is 4.79 Å². The van der Waals surface area contributed by atoms with Gasteiger partial charge >= 0.3 is 6.98 Å². The SMILES string of the molecule is CN(C)B(C(C(=O)N(C)C)[Si](C)(C)C)N(C)C. The first-order valence-corrected chi connectivity index (χ1v) is 9.62. The Labute approximate surface area is 108 Å². The molecule has 1 unspecified atom stereocenters. The van der Waals surface area contributed by atoms with Gasteiger partial charge in [0.2, 0.25) is 5.91 Å². The van der Waals surface area contributed by atoms with Crippen molar-refractivity contribution in [2.24, 2.45) is 0 Å². The highest BCUT2D eigenvalue weighted by atomic mass is 28.3. The summed E-state index contributed by atoms with van der Waals surface area (Å²) in [4.78, 5) is 18.5. The van der Waals surface area contributed by atoms with Crippen molar-refractivity contribution in [3.05, 3.63) is 0 Å². The molecule has 0 aromatic carbocycles. The molecule has 6 heteroatoms. The van der Waals surface area contributed by atoms with E-state index in [0.29, 0.717) is 0 Å². The molecule has 0 aromatic heterocycles. The number of carbonyl (C=O) groups is 1. The predicted molar refractivity (Wildman–Crippen MR) is 78.9 cm³/mol. The minimum atomic E-state index is -1.58. The lowest BCUT2D eigenvalue weighted by atomic mass is 9.67. The highest BCUT2D eigenvalue weighted by Crippen LogP contribution is 2.28. The third-order valence-electron chi connectivity index (χ3n) is 3.00. The normalized spacial score (nSPS) is 14.1. The molecule has 0 rings (SSSR count). The van der Waals surface area contributed by atoms with Crippen molar-refractivity contribution in [1.29, 1.82) is 0 Å². The van der Waals surface area contributed by atoms with Gasteiger partial charge in [0.05, 0.1) is 8.07 Å². The summed E-state index contributed by atoms with van der Waals surface area (Å²) in [6.07, 6.45) is 0. The molecule has 0 fully saturated rings. The molecule has 0 heterocycles. The summed E-state index contributed by atoms with van der Waals surface area (Å²) < 4.78 is 0. The van der Waals surface area contributed by atoms with Crippen LogP contribution in [0.15, 0.2) is 0 Å². The molecule has 100 valence electrons. The Morgan fingerprint density at radius 1 is 0.941 bits per heavy atom. The standard InChI is InChI=1S/C11H28BN3OSi/c1-13(2)11(16)10(17(7,8)9)12(14(3)4)15(5)6/h10H,1-9H3. The van der Waals surface area contributed by atoms with Gasteiger partial charge in [-0.2, -0.15) is 0 Å². The fourth-order valence-electron chi connectivity index (χ4n) is 2.28. The third kappa shape index (κ3) is 4.44. The molecule has 17 heavy (non-hydrogen) atoms. The van der Waals surface area contributed by atoms with E-state index in [4.69, 9.17) is 0 Å². The minimum Gasteiger partial charge on any atom is -0.349 e. The zero-order valence-electron chi connectivity index (χ0n) is 12.9. The van der Waals surface area contributed by atoms with Gasteiger partial charge in [-0.15, -0.1) is 0 Å². The van der Waals surface area contributed by atoms with E-state index in [1.54, 1.807) is 4.90 Å². The van der Waals surface area contributed by atoms with E-state index in [0.717, 1.165) is 0 Å². The Morgan fingerprint density at radius 3 is 1.47 bits per heavy atom. The molecule has 0 N–H and O–H groups in total. The van der Waals surface area contributed by atoms with Gasteiger partial charge in [-0.25, -0.2) is 0 Å². The predicted octanol–water partition coefficient (Wildman–Crippen LogP) is 0.934. The van der Waals surface area contributed by atoms with Crippen molar-refractivity contribution in [2.75, 3.05) is 42.3 Å². The average Bonchev–Trinajstić information content (AvgIpc) is 2.09. The van der Waals surface area contributed by atoms with Gasteiger partial charge < -0.3 is 14.5 Å².